The second kappa shape index (κ2) is 5.94. The second-order valence-corrected chi connectivity index (χ2v) is 4.59. The molecule has 18 heavy (non-hydrogen) atoms. The van der Waals surface area contributed by atoms with Crippen molar-refractivity contribution >= 4 is 28.9 Å². The van der Waals surface area contributed by atoms with E-state index in [9.17, 15) is 0 Å². The van der Waals surface area contributed by atoms with E-state index < -0.39 is 0 Å². The smallest absolute Gasteiger partial charge is 0.213 e. The van der Waals surface area contributed by atoms with Crippen LogP contribution in [0.1, 0.15) is 5.56 Å². The number of nitrogens with one attached hydrogen (secondary N) is 1. The highest BCUT2D eigenvalue weighted by molar-refractivity contribution is 6.34. The lowest BCUT2D eigenvalue weighted by atomic mass is 10.2. The van der Waals surface area contributed by atoms with Gasteiger partial charge in [-0.05, 0) is 29.8 Å². The van der Waals surface area contributed by atoms with Crippen molar-refractivity contribution in [2.24, 2.45) is 0 Å². The number of pyridine rings is 1. The van der Waals surface area contributed by atoms with Gasteiger partial charge in [0, 0.05) is 22.7 Å². The summed E-state index contributed by atoms with van der Waals surface area (Å²) in [5, 5.41) is 4.49. The highest BCUT2D eigenvalue weighted by Crippen LogP contribution is 2.20. The van der Waals surface area contributed by atoms with Crippen LogP contribution in [-0.2, 0) is 6.54 Å². The molecule has 0 unspecified atom stereocenters. The molecule has 0 fully saturated rings. The van der Waals surface area contributed by atoms with Gasteiger partial charge in [-0.3, -0.25) is 0 Å². The van der Waals surface area contributed by atoms with Crippen LogP contribution in [0.2, 0.25) is 10.0 Å². The zero-order valence-corrected chi connectivity index (χ0v) is 11.3. The van der Waals surface area contributed by atoms with Gasteiger partial charge in [0.15, 0.2) is 0 Å². The standard InChI is InChI=1S/C13H12Cl2N2O/c1-18-13-3-2-12(8-17-13)16-7-9-4-10(14)6-11(15)5-9/h2-6,8,16H,7H2,1H3. The lowest BCUT2D eigenvalue weighted by Crippen LogP contribution is -2.00. The SMILES string of the molecule is COc1ccc(NCc2cc(Cl)cc(Cl)c2)cn1. The Morgan fingerprint density at radius 2 is 1.89 bits per heavy atom. The van der Waals surface area contributed by atoms with Gasteiger partial charge in [-0.25, -0.2) is 4.98 Å². The van der Waals surface area contributed by atoms with E-state index in [1.807, 2.05) is 18.2 Å². The summed E-state index contributed by atoms with van der Waals surface area (Å²) in [5.74, 6) is 0.589. The fraction of sp³-hybridized carbons (Fsp3) is 0.154. The van der Waals surface area contributed by atoms with Crippen molar-refractivity contribution in [3.63, 3.8) is 0 Å². The number of rotatable bonds is 4. The van der Waals surface area contributed by atoms with Gasteiger partial charge in [0.2, 0.25) is 5.88 Å². The van der Waals surface area contributed by atoms with Crippen LogP contribution in [0, 0.1) is 0 Å². The van der Waals surface area contributed by atoms with Crippen LogP contribution in [0.5, 0.6) is 5.88 Å². The van der Waals surface area contributed by atoms with Gasteiger partial charge in [0.25, 0.3) is 0 Å². The van der Waals surface area contributed by atoms with Gasteiger partial charge in [-0.1, -0.05) is 23.2 Å². The Hall–Kier alpha value is -1.45. The predicted molar refractivity (Wildman–Crippen MR) is 74.6 cm³/mol. The number of hydrogen-bond donors (Lipinski definition) is 1. The van der Waals surface area contributed by atoms with Crippen LogP contribution in [-0.4, -0.2) is 12.1 Å². The largest absolute Gasteiger partial charge is 0.481 e. The maximum Gasteiger partial charge on any atom is 0.213 e. The van der Waals surface area contributed by atoms with Crippen LogP contribution < -0.4 is 10.1 Å². The molecule has 1 aromatic carbocycles. The molecule has 5 heteroatoms. The van der Waals surface area contributed by atoms with Crippen molar-refractivity contribution in [1.29, 1.82) is 0 Å². The topological polar surface area (TPSA) is 34.1 Å². The Morgan fingerprint density at radius 3 is 2.44 bits per heavy atom. The van der Waals surface area contributed by atoms with E-state index in [2.05, 4.69) is 10.3 Å². The first-order chi connectivity index (χ1) is 8.67. The Bertz CT molecular complexity index is 509. The van der Waals surface area contributed by atoms with Crippen LogP contribution in [0.3, 0.4) is 0 Å². The van der Waals surface area contributed by atoms with Crippen LogP contribution >= 0.6 is 23.2 Å². The number of nitrogens with zero attached hydrogens (tertiary/aromatic N) is 1. The second-order valence-electron chi connectivity index (χ2n) is 3.72. The Labute approximate surface area is 116 Å². The van der Waals surface area contributed by atoms with E-state index in [4.69, 9.17) is 27.9 Å². The number of hydrogen-bond acceptors (Lipinski definition) is 3. The van der Waals surface area contributed by atoms with Crippen LogP contribution in [0.15, 0.2) is 36.5 Å². The van der Waals surface area contributed by atoms with Gasteiger partial charge in [-0.2, -0.15) is 0 Å². The molecule has 3 nitrogen and oxygen atoms in total. The van der Waals surface area contributed by atoms with Crippen molar-refractivity contribution in [3.8, 4) is 5.88 Å². The first kappa shape index (κ1) is 13.0. The molecule has 94 valence electrons. The molecule has 0 radical (unpaired) electrons. The molecule has 0 spiro atoms. The minimum absolute atomic E-state index is 0.589. The fourth-order valence-electron chi connectivity index (χ4n) is 1.52. The van der Waals surface area contributed by atoms with Crippen molar-refractivity contribution in [2.45, 2.75) is 6.54 Å². The molecule has 0 aliphatic rings. The minimum atomic E-state index is 0.589. The van der Waals surface area contributed by atoms with Crippen molar-refractivity contribution < 1.29 is 4.74 Å². The number of anilines is 1. The van der Waals surface area contributed by atoms with Gasteiger partial charge in [0.05, 0.1) is 19.0 Å². The average Bonchev–Trinajstić information content (AvgIpc) is 2.36. The molecule has 1 aromatic heterocycles. The summed E-state index contributed by atoms with van der Waals surface area (Å²) >= 11 is 11.9. The van der Waals surface area contributed by atoms with Gasteiger partial charge >= 0.3 is 0 Å². The third-order valence-electron chi connectivity index (χ3n) is 2.36. The van der Waals surface area contributed by atoms with Gasteiger partial charge < -0.3 is 10.1 Å². The van der Waals surface area contributed by atoms with Crippen LogP contribution in [0.4, 0.5) is 5.69 Å². The van der Waals surface area contributed by atoms with E-state index in [-0.39, 0.29) is 0 Å². The molecule has 2 rings (SSSR count). The predicted octanol–water partition coefficient (Wildman–Crippen LogP) is 4.01. The Kier molecular flexibility index (Phi) is 4.28. The molecule has 1 N–H and O–H groups in total. The third-order valence-corrected chi connectivity index (χ3v) is 2.80. The number of benzene rings is 1. The highest BCUT2D eigenvalue weighted by atomic mass is 35.5. The van der Waals surface area contributed by atoms with Crippen molar-refractivity contribution in [3.05, 3.63) is 52.1 Å². The number of aromatic nitrogens is 1. The summed E-state index contributed by atoms with van der Waals surface area (Å²) in [7, 11) is 1.59. The van der Waals surface area contributed by atoms with E-state index in [0.717, 1.165) is 11.3 Å². The van der Waals surface area contributed by atoms with Crippen molar-refractivity contribution in [1.82, 2.24) is 4.98 Å². The summed E-state index contributed by atoms with van der Waals surface area (Å²) in [6.07, 6.45) is 1.71. The molecule has 1 heterocycles. The normalized spacial score (nSPS) is 10.2. The fourth-order valence-corrected chi connectivity index (χ4v) is 2.09. The Morgan fingerprint density at radius 1 is 1.17 bits per heavy atom. The lowest BCUT2D eigenvalue weighted by Gasteiger charge is -2.07. The molecule has 0 saturated heterocycles. The summed E-state index contributed by atoms with van der Waals surface area (Å²) < 4.78 is 4.99. The van der Waals surface area contributed by atoms with Crippen LogP contribution in [0.25, 0.3) is 0 Å². The average molecular weight is 283 g/mol. The van der Waals surface area contributed by atoms with Gasteiger partial charge in [0.1, 0.15) is 0 Å². The first-order valence-corrected chi connectivity index (χ1v) is 6.12. The zero-order valence-electron chi connectivity index (χ0n) is 9.78. The third kappa shape index (κ3) is 3.52. The van der Waals surface area contributed by atoms with E-state index in [1.165, 1.54) is 0 Å². The highest BCUT2D eigenvalue weighted by Gasteiger charge is 1.99. The summed E-state index contributed by atoms with van der Waals surface area (Å²) in [4.78, 5) is 4.11. The number of halogens is 2. The first-order valence-electron chi connectivity index (χ1n) is 5.36. The molecule has 0 amide bonds. The molecule has 0 bridgehead atoms. The summed E-state index contributed by atoms with van der Waals surface area (Å²) in [6.45, 7) is 0.633. The molecular formula is C13H12Cl2N2O. The monoisotopic (exact) mass is 282 g/mol. The zero-order chi connectivity index (χ0) is 13.0. The molecule has 0 aliphatic carbocycles. The number of methoxy groups -OCH3 is 1. The summed E-state index contributed by atoms with van der Waals surface area (Å²) in [6, 6.07) is 9.15. The molecule has 0 aliphatic heterocycles. The van der Waals surface area contributed by atoms with Crippen molar-refractivity contribution in [2.75, 3.05) is 12.4 Å². The van der Waals surface area contributed by atoms with E-state index in [1.54, 1.807) is 25.4 Å². The van der Waals surface area contributed by atoms with Gasteiger partial charge in [-0.15, -0.1) is 0 Å². The number of ether oxygens (including phenoxy) is 1. The van der Waals surface area contributed by atoms with E-state index in [0.29, 0.717) is 22.5 Å². The maximum absolute atomic E-state index is 5.93. The maximum atomic E-state index is 5.93. The molecule has 0 atom stereocenters. The lowest BCUT2D eigenvalue weighted by molar-refractivity contribution is 0.398. The summed E-state index contributed by atoms with van der Waals surface area (Å²) in [5.41, 5.74) is 1.93. The quantitative estimate of drug-likeness (QED) is 0.920. The van der Waals surface area contributed by atoms with E-state index >= 15 is 0 Å². The molecular weight excluding hydrogens is 271 g/mol. The Balaban J connectivity index is 2.01. The minimum Gasteiger partial charge on any atom is -0.481 e. The molecule has 0 saturated carbocycles. The molecule has 2 aromatic rings.